The van der Waals surface area contributed by atoms with Crippen molar-refractivity contribution >= 4 is 5.97 Å². The summed E-state index contributed by atoms with van der Waals surface area (Å²) in [7, 11) is 0. The zero-order chi connectivity index (χ0) is 17.9. The molecule has 1 heterocycles. The average Bonchev–Trinajstić information content (AvgIpc) is 2.65. The quantitative estimate of drug-likeness (QED) is 0.408. The van der Waals surface area contributed by atoms with Gasteiger partial charge in [0.15, 0.2) is 0 Å². The zero-order valence-corrected chi connectivity index (χ0v) is 14.9. The third-order valence-electron chi connectivity index (χ3n) is 4.42. The fourth-order valence-electron chi connectivity index (χ4n) is 2.94. The third kappa shape index (κ3) is 6.61. The van der Waals surface area contributed by atoms with Crippen molar-refractivity contribution in [1.29, 1.82) is 0 Å². The van der Waals surface area contributed by atoms with E-state index in [9.17, 15) is 9.90 Å². The number of piperidine rings is 1. The van der Waals surface area contributed by atoms with Crippen LogP contribution in [0.1, 0.15) is 31.7 Å². The minimum atomic E-state index is -0.330. The molecule has 0 radical (unpaired) electrons. The van der Waals surface area contributed by atoms with Gasteiger partial charge in [-0.15, -0.1) is 0 Å². The van der Waals surface area contributed by atoms with Gasteiger partial charge in [0.25, 0.3) is 0 Å². The Hall–Kier alpha value is -1.69. The third-order valence-corrected chi connectivity index (χ3v) is 4.42. The second kappa shape index (κ2) is 11.0. The average molecular weight is 347 g/mol. The van der Waals surface area contributed by atoms with E-state index in [1.165, 1.54) is 6.08 Å². The Morgan fingerprint density at radius 2 is 2.16 bits per heavy atom. The number of hydrogen-bond donors (Lipinski definition) is 2. The topological polar surface area (TPSA) is 67.8 Å². The summed E-state index contributed by atoms with van der Waals surface area (Å²) < 4.78 is 11.2. The zero-order valence-electron chi connectivity index (χ0n) is 14.9. The summed E-state index contributed by atoms with van der Waals surface area (Å²) in [6.07, 6.45) is 5.79. The van der Waals surface area contributed by atoms with Crippen molar-refractivity contribution in [1.82, 2.24) is 5.32 Å². The molecule has 5 nitrogen and oxygen atoms in total. The second-order valence-corrected chi connectivity index (χ2v) is 6.35. The van der Waals surface area contributed by atoms with Crippen LogP contribution in [-0.2, 0) is 20.9 Å². The molecule has 1 aliphatic heterocycles. The molecule has 2 rings (SSSR count). The van der Waals surface area contributed by atoms with Gasteiger partial charge in [0, 0.05) is 18.6 Å². The maximum Gasteiger partial charge on any atom is 0.330 e. The number of unbranched alkanes of at least 4 members (excludes halogenated alkanes) is 1. The van der Waals surface area contributed by atoms with Crippen molar-refractivity contribution in [3.8, 4) is 0 Å². The number of aliphatic hydroxyl groups excluding tert-OH is 1. The van der Waals surface area contributed by atoms with Gasteiger partial charge in [-0.3, -0.25) is 0 Å². The largest absolute Gasteiger partial charge is 0.463 e. The lowest BCUT2D eigenvalue weighted by Crippen LogP contribution is -2.51. The highest BCUT2D eigenvalue weighted by molar-refractivity contribution is 5.82. The molecular formula is C20H29NO4. The highest BCUT2D eigenvalue weighted by atomic mass is 16.5. The van der Waals surface area contributed by atoms with Gasteiger partial charge in [0.05, 0.1) is 25.4 Å². The van der Waals surface area contributed by atoms with E-state index in [0.29, 0.717) is 13.2 Å². The van der Waals surface area contributed by atoms with E-state index in [0.717, 1.165) is 31.4 Å². The number of carbonyl (C=O) groups excluding carboxylic acids is 1. The van der Waals surface area contributed by atoms with Crippen molar-refractivity contribution in [2.45, 2.75) is 44.9 Å². The van der Waals surface area contributed by atoms with Crippen LogP contribution in [0.25, 0.3) is 0 Å². The number of carbonyl (C=O) groups is 1. The van der Waals surface area contributed by atoms with Gasteiger partial charge in [-0.05, 0) is 24.9 Å². The van der Waals surface area contributed by atoms with E-state index in [1.807, 2.05) is 30.3 Å². The summed E-state index contributed by atoms with van der Waals surface area (Å²) in [5.74, 6) is -0.279. The van der Waals surface area contributed by atoms with Crippen LogP contribution >= 0.6 is 0 Å². The van der Waals surface area contributed by atoms with Crippen LogP contribution < -0.4 is 5.32 Å². The number of hydrogen-bond acceptors (Lipinski definition) is 5. The van der Waals surface area contributed by atoms with Crippen LogP contribution in [0.3, 0.4) is 0 Å². The van der Waals surface area contributed by atoms with E-state index in [-0.39, 0.29) is 30.6 Å². The summed E-state index contributed by atoms with van der Waals surface area (Å²) in [6.45, 7) is 3.85. The Balaban J connectivity index is 1.94. The van der Waals surface area contributed by atoms with Crippen LogP contribution in [0.5, 0.6) is 0 Å². The highest BCUT2D eigenvalue weighted by Crippen LogP contribution is 2.22. The van der Waals surface area contributed by atoms with Crippen molar-refractivity contribution in [3.05, 3.63) is 48.0 Å². The van der Waals surface area contributed by atoms with Gasteiger partial charge in [0.2, 0.25) is 0 Å². The normalized spacial score (nSPS) is 23.7. The summed E-state index contributed by atoms with van der Waals surface area (Å²) in [5.41, 5.74) is 1.09. The first-order valence-corrected chi connectivity index (χ1v) is 9.09. The number of nitrogens with one attached hydrogen (secondary N) is 1. The van der Waals surface area contributed by atoms with Crippen LogP contribution in [0.15, 0.2) is 42.5 Å². The van der Waals surface area contributed by atoms with Gasteiger partial charge >= 0.3 is 5.97 Å². The molecule has 25 heavy (non-hydrogen) atoms. The number of benzene rings is 1. The lowest BCUT2D eigenvalue weighted by molar-refractivity contribution is -0.137. The molecule has 0 aromatic heterocycles. The molecule has 5 heteroatoms. The fraction of sp³-hybridized carbons (Fsp3) is 0.550. The molecule has 3 atom stereocenters. The van der Waals surface area contributed by atoms with Gasteiger partial charge in [-0.1, -0.05) is 49.8 Å². The molecule has 1 aliphatic rings. The number of rotatable bonds is 9. The number of esters is 1. The first-order chi connectivity index (χ1) is 12.2. The van der Waals surface area contributed by atoms with Gasteiger partial charge in [0.1, 0.15) is 0 Å². The molecule has 1 aromatic carbocycles. The summed E-state index contributed by atoms with van der Waals surface area (Å²) in [4.78, 5) is 11.8. The molecule has 0 bridgehead atoms. The number of ether oxygens (including phenoxy) is 2. The fourth-order valence-corrected chi connectivity index (χ4v) is 2.94. The predicted molar refractivity (Wildman–Crippen MR) is 97.0 cm³/mol. The maximum absolute atomic E-state index is 11.8. The summed E-state index contributed by atoms with van der Waals surface area (Å²) in [5, 5.41) is 13.0. The first kappa shape index (κ1) is 19.6. The molecule has 0 saturated carbocycles. The van der Waals surface area contributed by atoms with Crippen LogP contribution in [0, 0.1) is 5.92 Å². The predicted octanol–water partition coefficient (Wildman–Crippen LogP) is 2.44. The molecule has 2 N–H and O–H groups in total. The van der Waals surface area contributed by atoms with Crippen molar-refractivity contribution in [2.24, 2.45) is 5.92 Å². The summed E-state index contributed by atoms with van der Waals surface area (Å²) >= 11 is 0. The van der Waals surface area contributed by atoms with E-state index < -0.39 is 0 Å². The van der Waals surface area contributed by atoms with E-state index in [1.54, 1.807) is 6.08 Å². The molecule has 1 saturated heterocycles. The van der Waals surface area contributed by atoms with Gasteiger partial charge < -0.3 is 19.9 Å². The van der Waals surface area contributed by atoms with Crippen LogP contribution in [0.4, 0.5) is 0 Å². The van der Waals surface area contributed by atoms with Crippen molar-refractivity contribution in [3.63, 3.8) is 0 Å². The standard InChI is InChI=1S/C20H29NO4/c1-2-3-13-24-19(23)10-9-18-20(17(14-22)11-12-21-18)25-15-16-7-5-4-6-8-16/h4-10,17-18,20-22H,2-3,11-15H2,1H3. The molecule has 138 valence electrons. The minimum Gasteiger partial charge on any atom is -0.463 e. The first-order valence-electron chi connectivity index (χ1n) is 9.09. The van der Waals surface area contributed by atoms with Crippen LogP contribution in [-0.4, -0.2) is 43.0 Å². The molecule has 0 spiro atoms. The number of aliphatic hydroxyl groups is 1. The molecule has 1 aromatic rings. The van der Waals surface area contributed by atoms with Gasteiger partial charge in [-0.2, -0.15) is 0 Å². The van der Waals surface area contributed by atoms with Gasteiger partial charge in [-0.25, -0.2) is 4.79 Å². The van der Waals surface area contributed by atoms with Crippen LogP contribution in [0.2, 0.25) is 0 Å². The lowest BCUT2D eigenvalue weighted by Gasteiger charge is -2.36. The molecule has 0 amide bonds. The minimum absolute atomic E-state index is 0.0516. The SMILES string of the molecule is CCCCOC(=O)C=CC1NCCC(CO)C1OCc1ccccc1. The summed E-state index contributed by atoms with van der Waals surface area (Å²) in [6, 6.07) is 9.84. The highest BCUT2D eigenvalue weighted by Gasteiger charge is 2.32. The Labute approximate surface area is 150 Å². The second-order valence-electron chi connectivity index (χ2n) is 6.35. The van der Waals surface area contributed by atoms with Crippen molar-refractivity contribution < 1.29 is 19.4 Å². The maximum atomic E-state index is 11.8. The molecule has 0 aliphatic carbocycles. The van der Waals surface area contributed by atoms with E-state index >= 15 is 0 Å². The Morgan fingerprint density at radius 3 is 2.88 bits per heavy atom. The Morgan fingerprint density at radius 1 is 1.36 bits per heavy atom. The molecule has 1 fully saturated rings. The smallest absolute Gasteiger partial charge is 0.330 e. The molecule has 3 unspecified atom stereocenters. The lowest BCUT2D eigenvalue weighted by atomic mass is 9.89. The Bertz CT molecular complexity index is 532. The van der Waals surface area contributed by atoms with Crippen molar-refractivity contribution in [2.75, 3.05) is 19.8 Å². The Kier molecular flexibility index (Phi) is 8.66. The van der Waals surface area contributed by atoms with E-state index in [4.69, 9.17) is 9.47 Å². The monoisotopic (exact) mass is 347 g/mol. The van der Waals surface area contributed by atoms with E-state index in [2.05, 4.69) is 12.2 Å². The molecular weight excluding hydrogens is 318 g/mol.